The van der Waals surface area contributed by atoms with E-state index in [0.717, 1.165) is 11.1 Å². The van der Waals surface area contributed by atoms with E-state index in [1.165, 1.54) is 12.1 Å². The molecule has 7 nitrogen and oxygen atoms in total. The maximum Gasteiger partial charge on any atom is 0.255 e. The lowest BCUT2D eigenvalue weighted by Crippen LogP contribution is -2.13. The average molecular weight is 391 g/mol. The summed E-state index contributed by atoms with van der Waals surface area (Å²) in [4.78, 5) is 12.8. The number of benzene rings is 2. The van der Waals surface area contributed by atoms with Gasteiger partial charge in [-0.05, 0) is 48.4 Å². The highest BCUT2D eigenvalue weighted by atomic mass is 19.1. The molecule has 146 valence electrons. The minimum absolute atomic E-state index is 0.210. The summed E-state index contributed by atoms with van der Waals surface area (Å²) in [6, 6.07) is 9.64. The van der Waals surface area contributed by atoms with Gasteiger partial charge >= 0.3 is 0 Å². The molecule has 1 N–H and O–H groups in total. The molecule has 0 radical (unpaired) electrons. The number of amides is 1. The third-order valence-corrected chi connectivity index (χ3v) is 4.46. The second-order valence-corrected chi connectivity index (χ2v) is 6.74. The molecule has 2 aromatic heterocycles. The highest BCUT2D eigenvalue weighted by Gasteiger charge is 2.14. The van der Waals surface area contributed by atoms with E-state index in [2.05, 4.69) is 20.6 Å². The fraction of sp³-hybridized carbons (Fsp3) is 0.143. The summed E-state index contributed by atoms with van der Waals surface area (Å²) < 4.78 is 21.2. The highest BCUT2D eigenvalue weighted by Crippen LogP contribution is 2.26. The van der Waals surface area contributed by atoms with Crippen LogP contribution in [0.3, 0.4) is 0 Å². The van der Waals surface area contributed by atoms with Gasteiger partial charge in [-0.2, -0.15) is 5.10 Å². The van der Waals surface area contributed by atoms with Crippen LogP contribution in [-0.2, 0) is 7.05 Å². The van der Waals surface area contributed by atoms with Gasteiger partial charge in [-0.1, -0.05) is 6.07 Å². The Hall–Kier alpha value is -3.81. The van der Waals surface area contributed by atoms with Gasteiger partial charge in [0.15, 0.2) is 0 Å². The minimum Gasteiger partial charge on any atom is -0.421 e. The van der Waals surface area contributed by atoms with E-state index in [0.29, 0.717) is 28.6 Å². The molecule has 0 bridgehead atoms. The van der Waals surface area contributed by atoms with Crippen molar-refractivity contribution < 1.29 is 13.6 Å². The van der Waals surface area contributed by atoms with E-state index in [9.17, 15) is 9.18 Å². The maximum absolute atomic E-state index is 14.2. The Bertz CT molecular complexity index is 1210. The van der Waals surface area contributed by atoms with Crippen molar-refractivity contribution >= 4 is 11.6 Å². The molecule has 0 aliphatic heterocycles. The van der Waals surface area contributed by atoms with Crippen molar-refractivity contribution in [1.29, 1.82) is 0 Å². The maximum atomic E-state index is 14.2. The SMILES string of the molecule is Cc1nnc(-c2ccc(C)c(NC(=O)c3cc(F)cc(-c4cnn(C)c4)c3)c2)o1. The fourth-order valence-corrected chi connectivity index (χ4v) is 2.96. The lowest BCUT2D eigenvalue weighted by molar-refractivity contribution is 0.102. The van der Waals surface area contributed by atoms with Crippen LogP contribution in [0.25, 0.3) is 22.6 Å². The van der Waals surface area contributed by atoms with Crippen LogP contribution in [0.5, 0.6) is 0 Å². The van der Waals surface area contributed by atoms with Crippen LogP contribution in [0, 0.1) is 19.7 Å². The molecule has 0 aliphatic rings. The van der Waals surface area contributed by atoms with Gasteiger partial charge in [0.25, 0.3) is 5.91 Å². The number of hydrogen-bond acceptors (Lipinski definition) is 5. The monoisotopic (exact) mass is 391 g/mol. The third kappa shape index (κ3) is 3.91. The quantitative estimate of drug-likeness (QED) is 0.565. The number of nitrogens with one attached hydrogen (secondary N) is 1. The molecule has 0 unspecified atom stereocenters. The zero-order chi connectivity index (χ0) is 20.5. The Morgan fingerprint density at radius 1 is 1.07 bits per heavy atom. The normalized spacial score (nSPS) is 10.9. The number of hydrogen-bond donors (Lipinski definition) is 1. The topological polar surface area (TPSA) is 85.8 Å². The van der Waals surface area contributed by atoms with Gasteiger partial charge in [-0.15, -0.1) is 10.2 Å². The molecule has 4 rings (SSSR count). The van der Waals surface area contributed by atoms with E-state index in [-0.39, 0.29) is 5.56 Å². The molecule has 0 aliphatic carbocycles. The molecule has 29 heavy (non-hydrogen) atoms. The fourth-order valence-electron chi connectivity index (χ4n) is 2.96. The predicted molar refractivity (Wildman–Crippen MR) is 106 cm³/mol. The molecule has 0 spiro atoms. The summed E-state index contributed by atoms with van der Waals surface area (Å²) in [5.41, 5.74) is 3.63. The van der Waals surface area contributed by atoms with Crippen LogP contribution in [-0.4, -0.2) is 25.9 Å². The lowest BCUT2D eigenvalue weighted by atomic mass is 10.0. The Balaban J connectivity index is 1.64. The number of carbonyl (C=O) groups excluding carboxylic acids is 1. The largest absolute Gasteiger partial charge is 0.421 e. The van der Waals surface area contributed by atoms with Gasteiger partial charge in [-0.3, -0.25) is 9.48 Å². The van der Waals surface area contributed by atoms with Crippen molar-refractivity contribution in [2.24, 2.45) is 7.05 Å². The summed E-state index contributed by atoms with van der Waals surface area (Å²) >= 11 is 0. The smallest absolute Gasteiger partial charge is 0.255 e. The second kappa shape index (κ2) is 7.31. The molecular formula is C21H18FN5O2. The number of rotatable bonds is 4. The summed E-state index contributed by atoms with van der Waals surface area (Å²) in [6.45, 7) is 3.57. The molecule has 0 fully saturated rings. The lowest BCUT2D eigenvalue weighted by Gasteiger charge is -2.10. The third-order valence-electron chi connectivity index (χ3n) is 4.46. The molecule has 8 heteroatoms. The van der Waals surface area contributed by atoms with Crippen LogP contribution in [0.2, 0.25) is 0 Å². The van der Waals surface area contributed by atoms with Gasteiger partial charge in [0.1, 0.15) is 5.82 Å². The number of aryl methyl sites for hydroxylation is 3. The van der Waals surface area contributed by atoms with Crippen LogP contribution in [0.1, 0.15) is 21.8 Å². The Morgan fingerprint density at radius 2 is 1.90 bits per heavy atom. The van der Waals surface area contributed by atoms with Crippen molar-refractivity contribution in [3.05, 3.63) is 71.6 Å². The molecule has 2 heterocycles. The Kier molecular flexibility index (Phi) is 4.67. The molecule has 0 saturated heterocycles. The zero-order valence-corrected chi connectivity index (χ0v) is 16.1. The molecule has 1 amide bonds. The van der Waals surface area contributed by atoms with Crippen molar-refractivity contribution in [2.75, 3.05) is 5.32 Å². The van der Waals surface area contributed by atoms with Crippen molar-refractivity contribution in [3.8, 4) is 22.6 Å². The van der Waals surface area contributed by atoms with E-state index in [1.54, 1.807) is 43.2 Å². The molecule has 2 aromatic carbocycles. The van der Waals surface area contributed by atoms with E-state index in [1.807, 2.05) is 19.1 Å². The summed E-state index contributed by atoms with van der Waals surface area (Å²) in [6.07, 6.45) is 3.38. The van der Waals surface area contributed by atoms with Crippen LogP contribution in [0.4, 0.5) is 10.1 Å². The van der Waals surface area contributed by atoms with E-state index in [4.69, 9.17) is 4.42 Å². The van der Waals surface area contributed by atoms with Crippen molar-refractivity contribution in [2.45, 2.75) is 13.8 Å². The van der Waals surface area contributed by atoms with Crippen LogP contribution in [0.15, 0.2) is 53.2 Å². The van der Waals surface area contributed by atoms with Gasteiger partial charge in [0.2, 0.25) is 11.8 Å². The zero-order valence-electron chi connectivity index (χ0n) is 16.1. The van der Waals surface area contributed by atoms with E-state index >= 15 is 0 Å². The molecule has 4 aromatic rings. The number of aromatic nitrogens is 4. The summed E-state index contributed by atoms with van der Waals surface area (Å²) in [5.74, 6) is -0.101. The number of anilines is 1. The van der Waals surface area contributed by atoms with Crippen molar-refractivity contribution in [1.82, 2.24) is 20.0 Å². The first kappa shape index (κ1) is 18.5. The number of halogens is 1. The van der Waals surface area contributed by atoms with Gasteiger partial charge in [0, 0.05) is 42.5 Å². The standard InChI is InChI=1S/C21H18FN5O2/c1-12-4-5-14(21-26-25-13(2)29-21)9-19(12)24-20(28)16-6-15(7-18(22)8-16)17-10-23-27(3)11-17/h4-11H,1-3H3,(H,24,28). The second-order valence-electron chi connectivity index (χ2n) is 6.74. The van der Waals surface area contributed by atoms with Crippen LogP contribution < -0.4 is 5.32 Å². The predicted octanol–water partition coefficient (Wildman–Crippen LogP) is 4.15. The Morgan fingerprint density at radius 3 is 2.59 bits per heavy atom. The van der Waals surface area contributed by atoms with Gasteiger partial charge in [-0.25, -0.2) is 4.39 Å². The summed E-state index contributed by atoms with van der Waals surface area (Å²) in [7, 11) is 1.77. The molecular weight excluding hydrogens is 373 g/mol. The van der Waals surface area contributed by atoms with Crippen LogP contribution >= 0.6 is 0 Å². The molecule has 0 atom stereocenters. The van der Waals surface area contributed by atoms with Gasteiger partial charge < -0.3 is 9.73 Å². The van der Waals surface area contributed by atoms with E-state index < -0.39 is 11.7 Å². The first-order valence-electron chi connectivity index (χ1n) is 8.91. The average Bonchev–Trinajstić information content (AvgIpc) is 3.31. The van der Waals surface area contributed by atoms with Crippen molar-refractivity contribution in [3.63, 3.8) is 0 Å². The Labute approximate surface area is 166 Å². The number of nitrogens with zero attached hydrogens (tertiary/aromatic N) is 4. The van der Waals surface area contributed by atoms with Gasteiger partial charge in [0.05, 0.1) is 6.20 Å². The summed E-state index contributed by atoms with van der Waals surface area (Å²) in [5, 5.41) is 14.7. The number of carbonyl (C=O) groups is 1. The highest BCUT2D eigenvalue weighted by molar-refractivity contribution is 6.05. The molecule has 0 saturated carbocycles. The first-order valence-corrected chi connectivity index (χ1v) is 8.91. The minimum atomic E-state index is -0.497. The first-order chi connectivity index (χ1) is 13.9.